The zero-order chi connectivity index (χ0) is 21.0. The molecule has 1 N–H and O–H groups in total. The summed E-state index contributed by atoms with van der Waals surface area (Å²) >= 11 is 0. The third-order valence-electron chi connectivity index (χ3n) is 4.59. The van der Waals surface area contributed by atoms with Crippen molar-refractivity contribution in [2.45, 2.75) is 33.0 Å². The molecule has 0 atom stereocenters. The lowest BCUT2D eigenvalue weighted by molar-refractivity contribution is -0.128. The number of benzene rings is 2. The van der Waals surface area contributed by atoms with E-state index >= 15 is 0 Å². The monoisotopic (exact) mass is 389 g/mol. The number of fused-ring (bicyclic) bond motifs is 1. The first-order chi connectivity index (χ1) is 13.8. The Morgan fingerprint density at radius 3 is 2.55 bits per heavy atom. The molecule has 3 rings (SSSR count). The number of carbonyl (C=O) groups is 2. The molecule has 148 valence electrons. The molecular weight excluding hydrogens is 366 g/mol. The molecule has 29 heavy (non-hydrogen) atoms. The van der Waals surface area contributed by atoms with E-state index in [0.29, 0.717) is 29.1 Å². The molecule has 0 saturated carbocycles. The maximum atomic E-state index is 12.1. The Morgan fingerprint density at radius 1 is 1.17 bits per heavy atom. The fourth-order valence-electron chi connectivity index (χ4n) is 2.87. The van der Waals surface area contributed by atoms with Crippen molar-refractivity contribution in [2.75, 3.05) is 0 Å². The van der Waals surface area contributed by atoms with Crippen LogP contribution in [0.4, 0.5) is 0 Å². The van der Waals surface area contributed by atoms with E-state index in [4.69, 9.17) is 4.74 Å². The van der Waals surface area contributed by atoms with Crippen molar-refractivity contribution in [1.29, 1.82) is 0 Å². The van der Waals surface area contributed by atoms with Crippen LogP contribution in [0, 0.1) is 6.92 Å². The zero-order valence-corrected chi connectivity index (χ0v) is 16.7. The summed E-state index contributed by atoms with van der Waals surface area (Å²) in [6.45, 7) is 5.10. The molecule has 1 heterocycles. The van der Waals surface area contributed by atoms with Crippen LogP contribution in [0.1, 0.15) is 41.0 Å². The van der Waals surface area contributed by atoms with Gasteiger partial charge in [-0.25, -0.2) is 4.98 Å². The Morgan fingerprint density at radius 2 is 1.90 bits per heavy atom. The molecule has 5 heteroatoms. The van der Waals surface area contributed by atoms with Crippen LogP contribution in [0.25, 0.3) is 17.0 Å². The molecule has 0 radical (unpaired) electrons. The Labute approximate surface area is 169 Å². The van der Waals surface area contributed by atoms with Gasteiger partial charge in [-0.15, -0.1) is 0 Å². The van der Waals surface area contributed by atoms with Gasteiger partial charge in [0.2, 0.25) is 0 Å². The lowest BCUT2D eigenvalue weighted by atomic mass is 10.0. The van der Waals surface area contributed by atoms with E-state index in [9.17, 15) is 14.7 Å². The maximum absolute atomic E-state index is 12.1. The Hall–Kier alpha value is -3.31. The highest BCUT2D eigenvalue weighted by molar-refractivity contribution is 6.00. The third-order valence-corrected chi connectivity index (χ3v) is 4.59. The molecule has 2 aromatic carbocycles. The predicted molar refractivity (Wildman–Crippen MR) is 113 cm³/mol. The van der Waals surface area contributed by atoms with Crippen molar-refractivity contribution in [3.63, 3.8) is 0 Å². The number of ketones is 1. The van der Waals surface area contributed by atoms with Crippen molar-refractivity contribution in [1.82, 2.24) is 4.98 Å². The van der Waals surface area contributed by atoms with Crippen LogP contribution in [-0.4, -0.2) is 27.8 Å². The molecule has 1 aromatic heterocycles. The van der Waals surface area contributed by atoms with Crippen LogP contribution in [0.2, 0.25) is 0 Å². The first-order valence-electron chi connectivity index (χ1n) is 9.31. The van der Waals surface area contributed by atoms with Gasteiger partial charge in [-0.1, -0.05) is 30.3 Å². The average molecular weight is 389 g/mol. The van der Waals surface area contributed by atoms with E-state index < -0.39 is 11.4 Å². The summed E-state index contributed by atoms with van der Waals surface area (Å²) in [5.41, 5.74) is 2.06. The highest BCUT2D eigenvalue weighted by Gasteiger charge is 2.21. The van der Waals surface area contributed by atoms with Crippen molar-refractivity contribution in [3.05, 3.63) is 77.0 Å². The molecule has 0 unspecified atom stereocenters. The van der Waals surface area contributed by atoms with E-state index in [0.717, 1.165) is 22.8 Å². The number of carbonyl (C=O) groups excluding carboxylic acids is 2. The van der Waals surface area contributed by atoms with Crippen LogP contribution in [-0.2, 0) is 11.4 Å². The normalized spacial score (nSPS) is 11.7. The van der Waals surface area contributed by atoms with Gasteiger partial charge in [0.05, 0.1) is 11.2 Å². The summed E-state index contributed by atoms with van der Waals surface area (Å²) in [6, 6.07) is 15.0. The number of aldehydes is 1. The first-order valence-corrected chi connectivity index (χ1v) is 9.31. The summed E-state index contributed by atoms with van der Waals surface area (Å²) in [6.07, 6.45) is 3.69. The Bertz CT molecular complexity index is 1080. The van der Waals surface area contributed by atoms with Gasteiger partial charge in [0.15, 0.2) is 5.78 Å². The quantitative estimate of drug-likeness (QED) is 0.482. The number of pyridine rings is 1. The molecule has 0 amide bonds. The van der Waals surface area contributed by atoms with E-state index in [1.54, 1.807) is 24.3 Å². The number of aliphatic hydroxyl groups is 1. The number of aromatic nitrogens is 1. The van der Waals surface area contributed by atoms with Crippen molar-refractivity contribution in [2.24, 2.45) is 0 Å². The fraction of sp³-hybridized carbons (Fsp3) is 0.208. The number of hydrogen-bond donors (Lipinski definition) is 1. The van der Waals surface area contributed by atoms with E-state index in [-0.39, 0.29) is 0 Å². The number of rotatable bonds is 7. The van der Waals surface area contributed by atoms with Crippen LogP contribution in [0.15, 0.2) is 54.6 Å². The van der Waals surface area contributed by atoms with Gasteiger partial charge in [-0.05, 0) is 56.7 Å². The van der Waals surface area contributed by atoms with Gasteiger partial charge in [-0.2, -0.15) is 0 Å². The largest absolute Gasteiger partial charge is 0.488 e. The molecule has 0 fully saturated rings. The lowest BCUT2D eigenvalue weighted by Crippen LogP contribution is -2.29. The highest BCUT2D eigenvalue weighted by atomic mass is 16.5. The SMILES string of the molecule is Cc1c(C=CC(=O)C(C)(C)O)nc2ccc(C=O)cc2c1OCc1ccccc1. The van der Waals surface area contributed by atoms with Crippen molar-refractivity contribution in [3.8, 4) is 5.75 Å². The second kappa shape index (κ2) is 8.37. The molecule has 0 bridgehead atoms. The minimum Gasteiger partial charge on any atom is -0.488 e. The first kappa shape index (κ1) is 20.4. The fourth-order valence-corrected chi connectivity index (χ4v) is 2.87. The zero-order valence-electron chi connectivity index (χ0n) is 16.7. The highest BCUT2D eigenvalue weighted by Crippen LogP contribution is 2.32. The van der Waals surface area contributed by atoms with Crippen LogP contribution < -0.4 is 4.74 Å². The van der Waals surface area contributed by atoms with Gasteiger partial charge < -0.3 is 9.84 Å². The lowest BCUT2D eigenvalue weighted by Gasteiger charge is -2.15. The van der Waals surface area contributed by atoms with Gasteiger partial charge in [0.25, 0.3) is 0 Å². The van der Waals surface area contributed by atoms with E-state index in [1.807, 2.05) is 37.3 Å². The summed E-state index contributed by atoms with van der Waals surface area (Å²) < 4.78 is 6.13. The predicted octanol–water partition coefficient (Wildman–Crippen LogP) is 4.29. The second-order valence-corrected chi connectivity index (χ2v) is 7.38. The molecule has 5 nitrogen and oxygen atoms in total. The minimum absolute atomic E-state index is 0.359. The second-order valence-electron chi connectivity index (χ2n) is 7.38. The maximum Gasteiger partial charge on any atom is 0.186 e. The molecular formula is C24H23NO4. The smallest absolute Gasteiger partial charge is 0.186 e. The summed E-state index contributed by atoms with van der Waals surface area (Å²) in [4.78, 5) is 27.9. The minimum atomic E-state index is -1.45. The van der Waals surface area contributed by atoms with Gasteiger partial charge >= 0.3 is 0 Å². The Balaban J connectivity index is 2.07. The van der Waals surface area contributed by atoms with E-state index in [1.165, 1.54) is 19.9 Å². The topological polar surface area (TPSA) is 76.5 Å². The number of hydrogen-bond acceptors (Lipinski definition) is 5. The van der Waals surface area contributed by atoms with Gasteiger partial charge in [0.1, 0.15) is 24.2 Å². The average Bonchev–Trinajstić information content (AvgIpc) is 2.71. The van der Waals surface area contributed by atoms with Gasteiger partial charge in [-0.3, -0.25) is 9.59 Å². The molecule has 3 aromatic rings. The third kappa shape index (κ3) is 4.76. The molecule has 0 aliphatic rings. The summed E-state index contributed by atoms with van der Waals surface area (Å²) in [5, 5.41) is 10.6. The van der Waals surface area contributed by atoms with Crippen LogP contribution in [0.5, 0.6) is 5.75 Å². The van der Waals surface area contributed by atoms with Crippen LogP contribution >= 0.6 is 0 Å². The van der Waals surface area contributed by atoms with Crippen molar-refractivity contribution >= 4 is 29.0 Å². The summed E-state index contributed by atoms with van der Waals surface area (Å²) in [7, 11) is 0. The number of ether oxygens (including phenoxy) is 1. The van der Waals surface area contributed by atoms with Crippen molar-refractivity contribution < 1.29 is 19.4 Å². The Kier molecular flexibility index (Phi) is 5.89. The molecule has 0 saturated heterocycles. The summed E-state index contributed by atoms with van der Waals surface area (Å²) in [5.74, 6) is 0.194. The van der Waals surface area contributed by atoms with E-state index in [2.05, 4.69) is 4.98 Å². The number of nitrogens with zero attached hydrogens (tertiary/aromatic N) is 1. The standard InChI is InChI=1S/C24H23NO4/c1-16-20(11-12-22(27)24(2,3)28)25-21-10-9-18(14-26)13-19(21)23(16)29-15-17-7-5-4-6-8-17/h4-14,28H,15H2,1-3H3. The molecule has 0 aliphatic heterocycles. The molecule has 0 spiro atoms. The molecule has 0 aliphatic carbocycles. The van der Waals surface area contributed by atoms with Crippen LogP contribution in [0.3, 0.4) is 0 Å². The van der Waals surface area contributed by atoms with Gasteiger partial charge in [0, 0.05) is 16.5 Å².